The third-order valence-corrected chi connectivity index (χ3v) is 4.67. The van der Waals surface area contributed by atoms with E-state index < -0.39 is 17.9 Å². The number of benzene rings is 1. The van der Waals surface area contributed by atoms with Gasteiger partial charge in [0.05, 0.1) is 23.1 Å². The van der Waals surface area contributed by atoms with E-state index in [1.807, 2.05) is 24.3 Å². The van der Waals surface area contributed by atoms with Gasteiger partial charge in [0.2, 0.25) is 0 Å². The van der Waals surface area contributed by atoms with E-state index in [-0.39, 0.29) is 25.1 Å². The maximum Gasteiger partial charge on any atom is 0.268 e. The topological polar surface area (TPSA) is 71.2 Å². The number of hydrogen-bond acceptors (Lipinski definition) is 4. The molecular formula is C18H16F2N4O2. The first-order valence-electron chi connectivity index (χ1n) is 8.16. The highest BCUT2D eigenvalue weighted by molar-refractivity contribution is 5.94. The van der Waals surface area contributed by atoms with Gasteiger partial charge < -0.3 is 10.0 Å². The van der Waals surface area contributed by atoms with Gasteiger partial charge in [-0.1, -0.05) is 12.1 Å². The van der Waals surface area contributed by atoms with Gasteiger partial charge in [0.25, 0.3) is 12.3 Å². The van der Waals surface area contributed by atoms with E-state index in [0.717, 1.165) is 11.0 Å². The van der Waals surface area contributed by atoms with Crippen LogP contribution in [0, 0.1) is 0 Å². The lowest BCUT2D eigenvalue weighted by Crippen LogP contribution is -2.41. The number of nitrogens with zero attached hydrogens (tertiary/aromatic N) is 4. The Labute approximate surface area is 147 Å². The lowest BCUT2D eigenvalue weighted by Gasteiger charge is -2.22. The van der Waals surface area contributed by atoms with Gasteiger partial charge in [-0.05, 0) is 24.3 Å². The lowest BCUT2D eigenvalue weighted by molar-refractivity contribution is -0.0855. The van der Waals surface area contributed by atoms with Crippen LogP contribution in [0.15, 0.2) is 48.9 Å². The van der Waals surface area contributed by atoms with Gasteiger partial charge >= 0.3 is 0 Å². The van der Waals surface area contributed by atoms with Gasteiger partial charge in [-0.25, -0.2) is 18.7 Å². The summed E-state index contributed by atoms with van der Waals surface area (Å²) < 4.78 is 27.6. The molecular weight excluding hydrogens is 342 g/mol. The summed E-state index contributed by atoms with van der Waals surface area (Å²) in [7, 11) is 0. The summed E-state index contributed by atoms with van der Waals surface area (Å²) in [4.78, 5) is 22.3. The molecule has 0 bridgehead atoms. The third-order valence-electron chi connectivity index (χ3n) is 4.67. The molecule has 26 heavy (non-hydrogen) atoms. The fraction of sp³-hybridized carbons (Fsp3) is 0.278. The molecule has 8 heteroatoms. The normalized spacial score (nSPS) is 20.2. The van der Waals surface area contributed by atoms with Gasteiger partial charge in [0.1, 0.15) is 17.7 Å². The van der Waals surface area contributed by atoms with Crippen LogP contribution < -0.4 is 0 Å². The number of β-amino-alcohol motifs (C(OH)–C–C–N with tert-alkyl or cyclic N) is 1. The van der Waals surface area contributed by atoms with Crippen molar-refractivity contribution in [2.24, 2.45) is 0 Å². The van der Waals surface area contributed by atoms with Crippen LogP contribution in [0.2, 0.25) is 0 Å². The Hall–Kier alpha value is -2.87. The predicted molar refractivity (Wildman–Crippen MR) is 90.3 cm³/mol. The number of carbonyl (C=O) groups is 1. The Morgan fingerprint density at radius 1 is 1.19 bits per heavy atom. The quantitative estimate of drug-likeness (QED) is 0.780. The molecule has 3 aromatic rings. The fourth-order valence-electron chi connectivity index (χ4n) is 3.15. The average molecular weight is 358 g/mol. The van der Waals surface area contributed by atoms with Crippen molar-refractivity contribution in [1.29, 1.82) is 0 Å². The van der Waals surface area contributed by atoms with E-state index in [2.05, 4.69) is 9.97 Å². The Morgan fingerprint density at radius 3 is 2.69 bits per heavy atom. The number of aliphatic hydroxyl groups is 1. The Balaban J connectivity index is 1.56. The molecule has 1 unspecified atom stereocenters. The van der Waals surface area contributed by atoms with Crippen molar-refractivity contribution < 1.29 is 18.7 Å². The van der Waals surface area contributed by atoms with Crippen molar-refractivity contribution >= 4 is 16.9 Å². The molecule has 134 valence electrons. The third kappa shape index (κ3) is 2.72. The number of fused-ring (bicyclic) bond motifs is 1. The summed E-state index contributed by atoms with van der Waals surface area (Å²) in [5.41, 5.74) is -0.117. The minimum atomic E-state index is -2.88. The molecule has 1 aliphatic heterocycles. The SMILES string of the molecule is O=C(c1ccc(-n2cnc3ccccc32)nc1)N1CCC(O)(C(F)F)C1. The molecule has 1 aliphatic rings. The maximum absolute atomic E-state index is 12.9. The molecule has 1 atom stereocenters. The summed E-state index contributed by atoms with van der Waals surface area (Å²) in [5, 5.41) is 9.83. The molecule has 1 amide bonds. The minimum absolute atomic E-state index is 0.0909. The van der Waals surface area contributed by atoms with Gasteiger partial charge in [-0.3, -0.25) is 9.36 Å². The number of rotatable bonds is 3. The highest BCUT2D eigenvalue weighted by Gasteiger charge is 2.45. The first-order valence-corrected chi connectivity index (χ1v) is 8.16. The van der Waals surface area contributed by atoms with Gasteiger partial charge in [0.15, 0.2) is 0 Å². The number of hydrogen-bond donors (Lipinski definition) is 1. The van der Waals surface area contributed by atoms with E-state index in [1.165, 1.54) is 11.1 Å². The van der Waals surface area contributed by atoms with Crippen LogP contribution in [0.1, 0.15) is 16.8 Å². The van der Waals surface area contributed by atoms with E-state index >= 15 is 0 Å². The van der Waals surface area contributed by atoms with Crippen LogP contribution in [0.25, 0.3) is 16.9 Å². The Morgan fingerprint density at radius 2 is 2.00 bits per heavy atom. The average Bonchev–Trinajstić information content (AvgIpc) is 3.26. The molecule has 0 aliphatic carbocycles. The molecule has 1 aromatic carbocycles. The molecule has 0 saturated carbocycles. The summed E-state index contributed by atoms with van der Waals surface area (Å²) in [5.74, 6) is 0.178. The number of halogens is 2. The molecule has 6 nitrogen and oxygen atoms in total. The largest absolute Gasteiger partial charge is 0.382 e. The lowest BCUT2D eigenvalue weighted by atomic mass is 10.1. The Kier molecular flexibility index (Phi) is 3.91. The smallest absolute Gasteiger partial charge is 0.268 e. The number of amides is 1. The summed E-state index contributed by atoms with van der Waals surface area (Å²) in [6.07, 6.45) is 0.0441. The highest BCUT2D eigenvalue weighted by atomic mass is 19.3. The predicted octanol–water partition coefficient (Wildman–Crippen LogP) is 2.26. The zero-order valence-electron chi connectivity index (χ0n) is 13.7. The first kappa shape index (κ1) is 16.6. The van der Waals surface area contributed by atoms with Crippen LogP contribution in [0.5, 0.6) is 0 Å². The van der Waals surface area contributed by atoms with Crippen molar-refractivity contribution in [3.63, 3.8) is 0 Å². The van der Waals surface area contributed by atoms with Crippen LogP contribution in [-0.4, -0.2) is 55.6 Å². The van der Waals surface area contributed by atoms with Crippen molar-refractivity contribution in [1.82, 2.24) is 19.4 Å². The molecule has 1 saturated heterocycles. The summed E-state index contributed by atoms with van der Waals surface area (Å²) >= 11 is 0. The van der Waals surface area contributed by atoms with Crippen LogP contribution >= 0.6 is 0 Å². The minimum Gasteiger partial charge on any atom is -0.382 e. The molecule has 2 aromatic heterocycles. The molecule has 3 heterocycles. The van der Waals surface area contributed by atoms with Crippen LogP contribution in [0.3, 0.4) is 0 Å². The number of imidazole rings is 1. The van der Waals surface area contributed by atoms with E-state index in [9.17, 15) is 18.7 Å². The van der Waals surface area contributed by atoms with Gasteiger partial charge in [-0.15, -0.1) is 0 Å². The van der Waals surface area contributed by atoms with E-state index in [1.54, 1.807) is 23.0 Å². The second-order valence-corrected chi connectivity index (χ2v) is 6.39. The molecule has 1 fully saturated rings. The zero-order chi connectivity index (χ0) is 18.3. The molecule has 0 spiro atoms. The van der Waals surface area contributed by atoms with Crippen LogP contribution in [0.4, 0.5) is 8.78 Å². The highest BCUT2D eigenvalue weighted by Crippen LogP contribution is 2.28. The van der Waals surface area contributed by atoms with Crippen molar-refractivity contribution in [2.45, 2.75) is 18.4 Å². The standard InChI is InChI=1S/C18H16F2N4O2/c19-17(20)18(26)7-8-23(10-18)16(25)12-5-6-15(21-9-12)24-11-22-13-3-1-2-4-14(13)24/h1-6,9,11,17,26H,7-8,10H2. The second-order valence-electron chi connectivity index (χ2n) is 6.39. The van der Waals surface area contributed by atoms with Crippen molar-refractivity contribution in [3.05, 3.63) is 54.5 Å². The molecule has 0 radical (unpaired) electrons. The number of aromatic nitrogens is 3. The number of alkyl halides is 2. The van der Waals surface area contributed by atoms with Gasteiger partial charge in [0, 0.05) is 19.2 Å². The number of para-hydroxylation sites is 2. The maximum atomic E-state index is 12.9. The van der Waals surface area contributed by atoms with Crippen molar-refractivity contribution in [3.8, 4) is 5.82 Å². The van der Waals surface area contributed by atoms with E-state index in [4.69, 9.17) is 0 Å². The number of likely N-dealkylation sites (tertiary alicyclic amines) is 1. The first-order chi connectivity index (χ1) is 12.5. The number of pyridine rings is 1. The molecule has 1 N–H and O–H groups in total. The second kappa shape index (κ2) is 6.14. The van der Waals surface area contributed by atoms with Gasteiger partial charge in [-0.2, -0.15) is 0 Å². The Bertz CT molecular complexity index is 957. The number of carbonyl (C=O) groups excluding carboxylic acids is 1. The van der Waals surface area contributed by atoms with Crippen LogP contribution in [-0.2, 0) is 0 Å². The molecule has 4 rings (SSSR count). The fourth-order valence-corrected chi connectivity index (χ4v) is 3.15. The monoisotopic (exact) mass is 358 g/mol. The van der Waals surface area contributed by atoms with Crippen molar-refractivity contribution in [2.75, 3.05) is 13.1 Å². The van der Waals surface area contributed by atoms with E-state index in [0.29, 0.717) is 5.82 Å². The summed E-state index contributed by atoms with van der Waals surface area (Å²) in [6.45, 7) is -0.287. The summed E-state index contributed by atoms with van der Waals surface area (Å²) in [6, 6.07) is 10.9. The zero-order valence-corrected chi connectivity index (χ0v) is 13.7.